The van der Waals surface area contributed by atoms with Crippen LogP contribution in [0.3, 0.4) is 0 Å². The molecule has 1 N–H and O–H groups in total. The Balaban J connectivity index is 2.20. The third-order valence-electron chi connectivity index (χ3n) is 4.11. The van der Waals surface area contributed by atoms with E-state index < -0.39 is 17.8 Å². The van der Waals surface area contributed by atoms with Crippen molar-refractivity contribution in [1.82, 2.24) is 0 Å². The van der Waals surface area contributed by atoms with E-state index in [4.69, 9.17) is 4.74 Å². The van der Waals surface area contributed by atoms with Crippen LogP contribution in [-0.4, -0.2) is 28.9 Å². The number of esters is 1. The summed E-state index contributed by atoms with van der Waals surface area (Å²) in [5.74, 6) is -2.41. The first-order chi connectivity index (χ1) is 8.50. The van der Waals surface area contributed by atoms with Crippen LogP contribution in [0.25, 0.3) is 0 Å². The van der Waals surface area contributed by atoms with Gasteiger partial charge in [-0.05, 0) is 19.3 Å². The zero-order chi connectivity index (χ0) is 13.3. The van der Waals surface area contributed by atoms with E-state index in [1.165, 1.54) is 6.92 Å². The van der Waals surface area contributed by atoms with Crippen LogP contribution in [-0.2, 0) is 19.1 Å². The Bertz CT molecular complexity index is 376. The second-order valence-electron chi connectivity index (χ2n) is 5.22. The molecule has 5 nitrogen and oxygen atoms in total. The van der Waals surface area contributed by atoms with E-state index >= 15 is 0 Å². The maximum atomic E-state index is 12.0. The highest BCUT2D eigenvalue weighted by atomic mass is 16.5. The maximum absolute atomic E-state index is 12.0. The lowest BCUT2D eigenvalue weighted by Crippen LogP contribution is -2.48. The molecule has 4 atom stereocenters. The smallest absolute Gasteiger partial charge is 0.307 e. The van der Waals surface area contributed by atoms with Crippen molar-refractivity contribution in [3.8, 4) is 0 Å². The molecule has 0 aromatic heterocycles. The minimum Gasteiger partial charge on any atom is -0.481 e. The van der Waals surface area contributed by atoms with E-state index in [0.717, 1.165) is 12.8 Å². The monoisotopic (exact) mass is 254 g/mol. The summed E-state index contributed by atoms with van der Waals surface area (Å²) in [7, 11) is 0. The van der Waals surface area contributed by atoms with Gasteiger partial charge in [0, 0.05) is 25.2 Å². The topological polar surface area (TPSA) is 80.7 Å². The lowest BCUT2D eigenvalue weighted by molar-refractivity contribution is -0.164. The molecule has 2 aliphatic rings. The van der Waals surface area contributed by atoms with Gasteiger partial charge < -0.3 is 9.84 Å². The van der Waals surface area contributed by atoms with Crippen LogP contribution in [0.4, 0.5) is 0 Å². The molecule has 5 heteroatoms. The average Bonchev–Trinajstić information content (AvgIpc) is 2.31. The van der Waals surface area contributed by atoms with Crippen molar-refractivity contribution in [2.24, 2.45) is 17.8 Å². The van der Waals surface area contributed by atoms with Crippen molar-refractivity contribution >= 4 is 17.7 Å². The highest BCUT2D eigenvalue weighted by molar-refractivity contribution is 5.87. The summed E-state index contributed by atoms with van der Waals surface area (Å²) in [6.07, 6.45) is 2.68. The average molecular weight is 254 g/mol. The van der Waals surface area contributed by atoms with Gasteiger partial charge in [-0.2, -0.15) is 0 Å². The van der Waals surface area contributed by atoms with Gasteiger partial charge in [0.25, 0.3) is 0 Å². The summed E-state index contributed by atoms with van der Waals surface area (Å²) in [5.41, 5.74) is 0. The van der Waals surface area contributed by atoms with Gasteiger partial charge in [0.15, 0.2) is 0 Å². The van der Waals surface area contributed by atoms with Crippen LogP contribution in [0, 0.1) is 17.8 Å². The van der Waals surface area contributed by atoms with Crippen LogP contribution in [0.2, 0.25) is 0 Å². The molecule has 0 aromatic rings. The molecule has 0 aliphatic heterocycles. The summed E-state index contributed by atoms with van der Waals surface area (Å²) in [6, 6.07) is 0. The fraction of sp³-hybridized carbons (Fsp3) is 0.769. The SMILES string of the molecule is CC(=O)O[C@H]1CCC(=O)[C@@H]2[C@@H]1CCC[C@@H]2C(=O)O. The standard InChI is InChI=1S/C13H18O5/c1-7(14)18-11-6-5-10(15)12-8(11)3-2-4-9(12)13(16)17/h8-9,11-12H,2-6H2,1H3,(H,16,17)/t8-,9+,11+,12-/m1/s1. The first-order valence-corrected chi connectivity index (χ1v) is 6.43. The molecular formula is C13H18O5. The Labute approximate surface area is 105 Å². The van der Waals surface area contributed by atoms with Gasteiger partial charge in [-0.3, -0.25) is 14.4 Å². The minimum absolute atomic E-state index is 0.0236. The van der Waals surface area contributed by atoms with E-state index in [2.05, 4.69) is 0 Å². The number of carbonyl (C=O) groups is 3. The molecule has 18 heavy (non-hydrogen) atoms. The Morgan fingerprint density at radius 3 is 2.61 bits per heavy atom. The Morgan fingerprint density at radius 1 is 1.28 bits per heavy atom. The molecule has 0 radical (unpaired) electrons. The number of ether oxygens (including phenoxy) is 1. The van der Waals surface area contributed by atoms with Gasteiger partial charge in [0.2, 0.25) is 0 Å². The number of carboxylic acid groups (broad SMARTS) is 1. The molecule has 0 aromatic carbocycles. The lowest BCUT2D eigenvalue weighted by Gasteiger charge is -2.42. The van der Waals surface area contributed by atoms with Gasteiger partial charge in [-0.15, -0.1) is 0 Å². The normalized spacial score (nSPS) is 35.7. The predicted molar refractivity (Wildman–Crippen MR) is 61.8 cm³/mol. The Kier molecular flexibility index (Phi) is 3.68. The van der Waals surface area contributed by atoms with Crippen molar-refractivity contribution < 1.29 is 24.2 Å². The largest absolute Gasteiger partial charge is 0.481 e. The molecule has 100 valence electrons. The maximum Gasteiger partial charge on any atom is 0.307 e. The third-order valence-corrected chi connectivity index (χ3v) is 4.11. The second-order valence-corrected chi connectivity index (χ2v) is 5.22. The molecule has 0 bridgehead atoms. The molecule has 2 saturated carbocycles. The molecule has 0 amide bonds. The van der Waals surface area contributed by atoms with Crippen molar-refractivity contribution in [3.05, 3.63) is 0 Å². The zero-order valence-corrected chi connectivity index (χ0v) is 10.4. The number of hydrogen-bond donors (Lipinski definition) is 1. The molecule has 0 spiro atoms. The summed E-state index contributed by atoms with van der Waals surface area (Å²) in [4.78, 5) is 34.3. The van der Waals surface area contributed by atoms with E-state index in [0.29, 0.717) is 19.3 Å². The van der Waals surface area contributed by atoms with Gasteiger partial charge >= 0.3 is 11.9 Å². The van der Waals surface area contributed by atoms with Gasteiger partial charge in [-0.1, -0.05) is 6.42 Å². The molecule has 2 rings (SSSR count). The fourth-order valence-electron chi connectivity index (χ4n) is 3.41. The first-order valence-electron chi connectivity index (χ1n) is 6.43. The summed E-state index contributed by atoms with van der Waals surface area (Å²) < 4.78 is 5.25. The van der Waals surface area contributed by atoms with Crippen LogP contribution in [0.1, 0.15) is 39.0 Å². The number of hydrogen-bond acceptors (Lipinski definition) is 4. The quantitative estimate of drug-likeness (QED) is 0.753. The van der Waals surface area contributed by atoms with Crippen molar-refractivity contribution in [3.63, 3.8) is 0 Å². The number of aliphatic carboxylic acids is 1. The van der Waals surface area contributed by atoms with E-state index in [1.807, 2.05) is 0 Å². The number of carboxylic acids is 1. The van der Waals surface area contributed by atoms with E-state index in [1.54, 1.807) is 0 Å². The summed E-state index contributed by atoms with van der Waals surface area (Å²) in [5, 5.41) is 9.20. The summed E-state index contributed by atoms with van der Waals surface area (Å²) in [6.45, 7) is 1.35. The van der Waals surface area contributed by atoms with Crippen LogP contribution in [0.15, 0.2) is 0 Å². The number of fused-ring (bicyclic) bond motifs is 1. The Morgan fingerprint density at radius 2 is 2.00 bits per heavy atom. The Hall–Kier alpha value is -1.39. The third kappa shape index (κ3) is 2.40. The highest BCUT2D eigenvalue weighted by Gasteiger charge is 2.48. The molecule has 0 saturated heterocycles. The van der Waals surface area contributed by atoms with E-state index in [9.17, 15) is 19.5 Å². The van der Waals surface area contributed by atoms with E-state index in [-0.39, 0.29) is 23.8 Å². The number of ketones is 1. The van der Waals surface area contributed by atoms with Crippen molar-refractivity contribution in [1.29, 1.82) is 0 Å². The van der Waals surface area contributed by atoms with Gasteiger partial charge in [0.05, 0.1) is 5.92 Å². The molecule has 2 fully saturated rings. The number of carbonyl (C=O) groups excluding carboxylic acids is 2. The van der Waals surface area contributed by atoms with Crippen LogP contribution in [0.5, 0.6) is 0 Å². The van der Waals surface area contributed by atoms with Crippen LogP contribution < -0.4 is 0 Å². The second kappa shape index (κ2) is 5.08. The van der Waals surface area contributed by atoms with Gasteiger partial charge in [0.1, 0.15) is 11.9 Å². The number of Topliss-reactive ketones (excluding diaryl/α,β-unsaturated/α-hetero) is 1. The van der Waals surface area contributed by atoms with Crippen molar-refractivity contribution in [2.75, 3.05) is 0 Å². The predicted octanol–water partition coefficient (Wildman–Crippen LogP) is 1.40. The first kappa shape index (κ1) is 13.1. The highest BCUT2D eigenvalue weighted by Crippen LogP contribution is 2.43. The summed E-state index contributed by atoms with van der Waals surface area (Å²) >= 11 is 0. The van der Waals surface area contributed by atoms with Gasteiger partial charge in [-0.25, -0.2) is 0 Å². The minimum atomic E-state index is -0.901. The van der Waals surface area contributed by atoms with Crippen molar-refractivity contribution in [2.45, 2.75) is 45.1 Å². The number of rotatable bonds is 2. The molecule has 0 heterocycles. The molecule has 0 unspecified atom stereocenters. The molecule has 2 aliphatic carbocycles. The van der Waals surface area contributed by atoms with Crippen LogP contribution >= 0.6 is 0 Å². The lowest BCUT2D eigenvalue weighted by atomic mass is 9.63. The fourth-order valence-corrected chi connectivity index (χ4v) is 3.41. The zero-order valence-electron chi connectivity index (χ0n) is 10.4. The molecular weight excluding hydrogens is 236 g/mol.